The highest BCUT2D eigenvalue weighted by Crippen LogP contribution is 2.04. The van der Waals surface area contributed by atoms with Crippen molar-refractivity contribution in [2.75, 3.05) is 18.1 Å². The summed E-state index contributed by atoms with van der Waals surface area (Å²) in [4.78, 5) is 44.5. The van der Waals surface area contributed by atoms with E-state index < -0.39 is 42.4 Å². The van der Waals surface area contributed by atoms with Gasteiger partial charge in [-0.2, -0.15) is 11.8 Å². The molecule has 0 heterocycles. The fraction of sp³-hybridized carbons (Fsp3) is 0.667. The van der Waals surface area contributed by atoms with Crippen LogP contribution < -0.4 is 16.4 Å². The van der Waals surface area contributed by atoms with Crippen LogP contribution in [0.4, 0.5) is 0 Å². The van der Waals surface area contributed by atoms with Crippen LogP contribution in [-0.2, 0) is 19.2 Å². The molecule has 0 spiro atoms. The maximum Gasteiger partial charge on any atom is 0.322 e. The summed E-state index contributed by atoms with van der Waals surface area (Å²) in [6.07, 6.45) is -0.182. The number of hydrogen-bond donors (Lipinski definition) is 5. The first kappa shape index (κ1) is 20.2. The number of nitrogens with two attached hydrogens (primary N) is 1. The molecule has 2 atom stereocenters. The zero-order valence-electron chi connectivity index (χ0n) is 12.2. The molecular weight excluding hydrogens is 314 g/mol. The lowest BCUT2D eigenvalue weighted by Gasteiger charge is -2.17. The van der Waals surface area contributed by atoms with Crippen LogP contribution in [0, 0.1) is 0 Å². The Morgan fingerprint density at radius 1 is 1.23 bits per heavy atom. The first-order valence-corrected chi connectivity index (χ1v) is 7.78. The molecule has 0 bridgehead atoms. The summed E-state index contributed by atoms with van der Waals surface area (Å²) < 4.78 is 0. The fourth-order valence-electron chi connectivity index (χ4n) is 1.38. The van der Waals surface area contributed by atoms with Crippen molar-refractivity contribution in [1.82, 2.24) is 10.6 Å². The molecule has 0 radical (unpaired) electrons. The van der Waals surface area contributed by atoms with Crippen molar-refractivity contribution in [2.24, 2.45) is 5.73 Å². The van der Waals surface area contributed by atoms with Crippen molar-refractivity contribution < 1.29 is 29.4 Å². The number of nitrogens with one attached hydrogen (secondary N) is 2. The number of rotatable bonds is 11. The zero-order chi connectivity index (χ0) is 17.1. The quantitative estimate of drug-likeness (QED) is 0.309. The van der Waals surface area contributed by atoms with Gasteiger partial charge in [0, 0.05) is 12.2 Å². The molecule has 0 saturated carbocycles. The number of aliphatic carboxylic acids is 2. The minimum absolute atomic E-state index is 0.0500. The van der Waals surface area contributed by atoms with Crippen LogP contribution in [0.15, 0.2) is 0 Å². The molecule has 22 heavy (non-hydrogen) atoms. The number of carboxylic acid groups (broad SMARTS) is 2. The molecule has 0 aliphatic rings. The Hall–Kier alpha value is -1.81. The Labute approximate surface area is 132 Å². The summed E-state index contributed by atoms with van der Waals surface area (Å²) in [5.41, 5.74) is 5.29. The first-order chi connectivity index (χ1) is 10.3. The molecule has 1 unspecified atom stereocenters. The molecule has 6 N–H and O–H groups in total. The van der Waals surface area contributed by atoms with Crippen LogP contribution in [0.25, 0.3) is 0 Å². The van der Waals surface area contributed by atoms with Crippen LogP contribution in [-0.4, -0.2) is 64.1 Å². The van der Waals surface area contributed by atoms with Gasteiger partial charge in [0.15, 0.2) is 0 Å². The standard InChI is InChI=1S/C12H21N3O6S/c1-2-22-6-8(11(19)14-5-10(17)18)15-9(16)4-3-7(13)12(20)21/h7-8H,2-6,13H2,1H3,(H,14,19)(H,15,16)(H,17,18)(H,20,21)/t7?,8-/m0/s1. The van der Waals surface area contributed by atoms with Crippen molar-refractivity contribution >= 4 is 35.5 Å². The van der Waals surface area contributed by atoms with Crippen LogP contribution in [0.2, 0.25) is 0 Å². The van der Waals surface area contributed by atoms with Gasteiger partial charge in [0.05, 0.1) is 0 Å². The second kappa shape index (κ2) is 10.9. The van der Waals surface area contributed by atoms with Gasteiger partial charge in [-0.25, -0.2) is 0 Å². The van der Waals surface area contributed by atoms with Crippen molar-refractivity contribution in [1.29, 1.82) is 0 Å². The van der Waals surface area contributed by atoms with E-state index in [1.165, 1.54) is 11.8 Å². The minimum Gasteiger partial charge on any atom is -0.480 e. The zero-order valence-corrected chi connectivity index (χ0v) is 13.0. The molecule has 126 valence electrons. The van der Waals surface area contributed by atoms with E-state index in [4.69, 9.17) is 15.9 Å². The summed E-state index contributed by atoms with van der Waals surface area (Å²) in [7, 11) is 0. The molecule has 0 rings (SSSR count). The van der Waals surface area contributed by atoms with Gasteiger partial charge in [0.25, 0.3) is 0 Å². The molecule has 10 heteroatoms. The summed E-state index contributed by atoms with van der Waals surface area (Å²) >= 11 is 1.41. The third-order valence-corrected chi connectivity index (χ3v) is 3.53. The van der Waals surface area contributed by atoms with Crippen molar-refractivity contribution in [3.8, 4) is 0 Å². The third-order valence-electron chi connectivity index (χ3n) is 2.55. The molecule has 0 aliphatic heterocycles. The Bertz CT molecular complexity index is 418. The van der Waals surface area contributed by atoms with E-state index in [-0.39, 0.29) is 12.8 Å². The van der Waals surface area contributed by atoms with Gasteiger partial charge in [-0.15, -0.1) is 0 Å². The summed E-state index contributed by atoms with van der Waals surface area (Å²) in [5.74, 6) is -2.48. The lowest BCUT2D eigenvalue weighted by Crippen LogP contribution is -2.49. The highest BCUT2D eigenvalue weighted by molar-refractivity contribution is 7.99. The predicted molar refractivity (Wildman–Crippen MR) is 80.4 cm³/mol. The Morgan fingerprint density at radius 2 is 1.86 bits per heavy atom. The van der Waals surface area contributed by atoms with E-state index in [2.05, 4.69) is 10.6 Å². The lowest BCUT2D eigenvalue weighted by molar-refractivity contribution is -0.139. The van der Waals surface area contributed by atoms with Crippen molar-refractivity contribution in [3.05, 3.63) is 0 Å². The maximum absolute atomic E-state index is 11.8. The Kier molecular flexibility index (Phi) is 9.96. The number of carbonyl (C=O) groups excluding carboxylic acids is 2. The monoisotopic (exact) mass is 335 g/mol. The van der Waals surface area contributed by atoms with E-state index in [1.807, 2.05) is 6.92 Å². The van der Waals surface area contributed by atoms with E-state index >= 15 is 0 Å². The normalized spacial score (nSPS) is 13.0. The van der Waals surface area contributed by atoms with Gasteiger partial charge in [-0.1, -0.05) is 6.92 Å². The number of carbonyl (C=O) groups is 4. The van der Waals surface area contributed by atoms with Crippen LogP contribution in [0.3, 0.4) is 0 Å². The van der Waals surface area contributed by atoms with Crippen LogP contribution >= 0.6 is 11.8 Å². The van der Waals surface area contributed by atoms with Crippen LogP contribution in [0.5, 0.6) is 0 Å². The van der Waals surface area contributed by atoms with E-state index in [0.29, 0.717) is 5.75 Å². The number of amides is 2. The molecule has 0 aromatic heterocycles. The summed E-state index contributed by atoms with van der Waals surface area (Å²) in [5, 5.41) is 21.8. The highest BCUT2D eigenvalue weighted by atomic mass is 32.2. The summed E-state index contributed by atoms with van der Waals surface area (Å²) in [6, 6.07) is -2.02. The smallest absolute Gasteiger partial charge is 0.322 e. The SMILES string of the molecule is CCSC[C@H](NC(=O)CCC(N)C(=O)O)C(=O)NCC(=O)O. The molecule has 0 aromatic carbocycles. The predicted octanol–water partition coefficient (Wildman–Crippen LogP) is -1.38. The molecule has 0 saturated heterocycles. The van der Waals surface area contributed by atoms with Gasteiger partial charge < -0.3 is 26.6 Å². The average Bonchev–Trinajstić information content (AvgIpc) is 2.46. The number of hydrogen-bond acceptors (Lipinski definition) is 6. The molecule has 2 amide bonds. The fourth-order valence-corrected chi connectivity index (χ4v) is 2.09. The Balaban J connectivity index is 4.43. The lowest BCUT2D eigenvalue weighted by atomic mass is 10.1. The van der Waals surface area contributed by atoms with Crippen molar-refractivity contribution in [2.45, 2.75) is 31.8 Å². The topological polar surface area (TPSA) is 159 Å². The van der Waals surface area contributed by atoms with Gasteiger partial charge in [-0.05, 0) is 12.2 Å². The van der Waals surface area contributed by atoms with Crippen molar-refractivity contribution in [3.63, 3.8) is 0 Å². The molecule has 9 nitrogen and oxygen atoms in total. The first-order valence-electron chi connectivity index (χ1n) is 6.62. The second-order valence-corrected chi connectivity index (χ2v) is 5.69. The average molecular weight is 335 g/mol. The summed E-state index contributed by atoms with van der Waals surface area (Å²) in [6.45, 7) is 1.34. The molecule has 0 aromatic rings. The third kappa shape index (κ3) is 9.19. The molecule has 0 aliphatic carbocycles. The molecular formula is C12H21N3O6S. The van der Waals surface area contributed by atoms with E-state index in [9.17, 15) is 19.2 Å². The maximum atomic E-state index is 11.8. The highest BCUT2D eigenvalue weighted by Gasteiger charge is 2.22. The largest absolute Gasteiger partial charge is 0.480 e. The van der Waals surface area contributed by atoms with Gasteiger partial charge >= 0.3 is 11.9 Å². The Morgan fingerprint density at radius 3 is 2.36 bits per heavy atom. The van der Waals surface area contributed by atoms with E-state index in [1.54, 1.807) is 0 Å². The number of thioether (sulfide) groups is 1. The number of carboxylic acids is 2. The van der Waals surface area contributed by atoms with Crippen LogP contribution in [0.1, 0.15) is 19.8 Å². The van der Waals surface area contributed by atoms with Gasteiger partial charge in [0.2, 0.25) is 11.8 Å². The van der Waals surface area contributed by atoms with Gasteiger partial charge in [0.1, 0.15) is 18.6 Å². The molecule has 0 fully saturated rings. The van der Waals surface area contributed by atoms with Gasteiger partial charge in [-0.3, -0.25) is 19.2 Å². The second-order valence-electron chi connectivity index (χ2n) is 4.37. The van der Waals surface area contributed by atoms with E-state index in [0.717, 1.165) is 5.75 Å². The minimum atomic E-state index is -1.20.